The van der Waals surface area contributed by atoms with Crippen molar-refractivity contribution in [2.45, 2.75) is 38.8 Å². The van der Waals surface area contributed by atoms with Crippen LogP contribution in [0.15, 0.2) is 48.8 Å². The number of carboxylic acid groups (broad SMARTS) is 1. The zero-order valence-electron chi connectivity index (χ0n) is 19.6. The number of nitrogens with zero attached hydrogens (tertiary/aromatic N) is 4. The van der Waals surface area contributed by atoms with Crippen LogP contribution in [0.4, 0.5) is 25.0 Å². The molecule has 0 aliphatic carbocycles. The summed E-state index contributed by atoms with van der Waals surface area (Å²) in [6.45, 7) is 5.29. The van der Waals surface area contributed by atoms with Gasteiger partial charge in [0.2, 0.25) is 5.91 Å². The number of aliphatic hydroxyl groups excluding tert-OH is 1. The van der Waals surface area contributed by atoms with E-state index >= 15 is 0 Å². The summed E-state index contributed by atoms with van der Waals surface area (Å²) in [6.07, 6.45) is 1.92. The van der Waals surface area contributed by atoms with E-state index in [1.807, 2.05) is 13.8 Å². The normalized spacial score (nSPS) is 15.8. The number of carbonyl (C=O) groups excluding carboxylic acids is 1. The molecule has 35 heavy (non-hydrogen) atoms. The van der Waals surface area contributed by atoms with Gasteiger partial charge in [-0.25, -0.2) is 13.6 Å². The third-order valence-electron chi connectivity index (χ3n) is 6.19. The highest BCUT2D eigenvalue weighted by Crippen LogP contribution is 2.39. The largest absolute Gasteiger partial charge is 0.465 e. The molecule has 8 nitrogen and oxygen atoms in total. The molecular formula is C25H26F2N4O4. The monoisotopic (exact) mass is 484 g/mol. The molecule has 3 aromatic rings. The summed E-state index contributed by atoms with van der Waals surface area (Å²) in [4.78, 5) is 27.9. The molecule has 2 N–H and O–H groups in total. The van der Waals surface area contributed by atoms with Crippen LogP contribution in [-0.2, 0) is 16.8 Å². The maximum absolute atomic E-state index is 14.2. The van der Waals surface area contributed by atoms with Crippen molar-refractivity contribution in [3.05, 3.63) is 66.0 Å². The number of amides is 2. The van der Waals surface area contributed by atoms with Gasteiger partial charge >= 0.3 is 6.09 Å². The molecule has 0 saturated heterocycles. The number of halogens is 2. The van der Waals surface area contributed by atoms with Crippen LogP contribution in [0, 0.1) is 11.6 Å². The predicted octanol–water partition coefficient (Wildman–Crippen LogP) is 4.02. The number of carbonyl (C=O) groups is 2. The highest BCUT2D eigenvalue weighted by Gasteiger charge is 2.35. The minimum absolute atomic E-state index is 0.0280. The van der Waals surface area contributed by atoms with E-state index in [9.17, 15) is 28.6 Å². The van der Waals surface area contributed by atoms with Gasteiger partial charge in [0.25, 0.3) is 0 Å². The zero-order chi connectivity index (χ0) is 25.5. The fraction of sp³-hybridized carbons (Fsp3) is 0.320. The van der Waals surface area contributed by atoms with E-state index in [1.165, 1.54) is 15.9 Å². The Bertz CT molecular complexity index is 1290. The van der Waals surface area contributed by atoms with Gasteiger partial charge < -0.3 is 15.1 Å². The van der Waals surface area contributed by atoms with Crippen molar-refractivity contribution in [2.75, 3.05) is 23.0 Å². The summed E-state index contributed by atoms with van der Waals surface area (Å²) >= 11 is 0. The second kappa shape index (κ2) is 9.10. The van der Waals surface area contributed by atoms with Crippen LogP contribution in [0.25, 0.3) is 11.1 Å². The Kier molecular flexibility index (Phi) is 6.33. The SMILES string of the molecule is C[C@H]1CN(C(=O)O)c2cc(-c3cnn(C(C)(C)CO)c3)ccc2N1C(=O)Cc1ccc(F)cc1F. The average Bonchev–Trinajstić information content (AvgIpc) is 3.31. The van der Waals surface area contributed by atoms with Crippen LogP contribution in [-0.4, -0.2) is 51.2 Å². The molecule has 0 spiro atoms. The summed E-state index contributed by atoms with van der Waals surface area (Å²) < 4.78 is 29.1. The van der Waals surface area contributed by atoms with E-state index in [2.05, 4.69) is 5.10 Å². The fourth-order valence-corrected chi connectivity index (χ4v) is 4.15. The topological polar surface area (TPSA) is 98.9 Å². The zero-order valence-corrected chi connectivity index (χ0v) is 19.6. The maximum Gasteiger partial charge on any atom is 0.411 e. The van der Waals surface area contributed by atoms with Gasteiger partial charge in [-0.3, -0.25) is 14.4 Å². The van der Waals surface area contributed by atoms with E-state index in [0.717, 1.165) is 12.1 Å². The van der Waals surface area contributed by atoms with Crippen LogP contribution in [0.2, 0.25) is 0 Å². The van der Waals surface area contributed by atoms with Gasteiger partial charge in [-0.15, -0.1) is 0 Å². The minimum Gasteiger partial charge on any atom is -0.465 e. The molecule has 2 heterocycles. The second-order valence-electron chi connectivity index (χ2n) is 9.27. The average molecular weight is 485 g/mol. The summed E-state index contributed by atoms with van der Waals surface area (Å²) in [6, 6.07) is 7.63. The summed E-state index contributed by atoms with van der Waals surface area (Å²) in [5, 5.41) is 23.8. The Morgan fingerprint density at radius 2 is 1.86 bits per heavy atom. The third-order valence-corrected chi connectivity index (χ3v) is 6.19. The van der Waals surface area contributed by atoms with Crippen molar-refractivity contribution in [1.29, 1.82) is 0 Å². The molecule has 1 aliphatic heterocycles. The summed E-state index contributed by atoms with van der Waals surface area (Å²) in [5.41, 5.74) is 1.53. The lowest BCUT2D eigenvalue weighted by Crippen LogP contribution is -2.52. The Morgan fingerprint density at radius 1 is 1.11 bits per heavy atom. The number of hydrogen-bond acceptors (Lipinski definition) is 4. The molecular weight excluding hydrogens is 458 g/mol. The van der Waals surface area contributed by atoms with E-state index < -0.39 is 35.2 Å². The molecule has 1 aromatic heterocycles. The van der Waals surface area contributed by atoms with Crippen molar-refractivity contribution in [2.24, 2.45) is 0 Å². The lowest BCUT2D eigenvalue weighted by molar-refractivity contribution is -0.118. The van der Waals surface area contributed by atoms with Crippen molar-refractivity contribution in [3.8, 4) is 11.1 Å². The van der Waals surface area contributed by atoms with E-state index in [0.29, 0.717) is 22.5 Å². The number of rotatable bonds is 5. The van der Waals surface area contributed by atoms with Crippen LogP contribution >= 0.6 is 0 Å². The Hall–Kier alpha value is -3.79. The lowest BCUT2D eigenvalue weighted by atomic mass is 10.0. The summed E-state index contributed by atoms with van der Waals surface area (Å²) in [5.74, 6) is -1.97. The van der Waals surface area contributed by atoms with Crippen molar-refractivity contribution >= 4 is 23.4 Å². The van der Waals surface area contributed by atoms with Crippen molar-refractivity contribution in [3.63, 3.8) is 0 Å². The van der Waals surface area contributed by atoms with E-state index in [1.54, 1.807) is 42.2 Å². The van der Waals surface area contributed by atoms with Crippen molar-refractivity contribution in [1.82, 2.24) is 9.78 Å². The lowest BCUT2D eigenvalue weighted by Gasteiger charge is -2.40. The Labute approximate surface area is 201 Å². The highest BCUT2D eigenvalue weighted by molar-refractivity contribution is 6.04. The molecule has 10 heteroatoms. The van der Waals surface area contributed by atoms with Crippen molar-refractivity contribution < 1.29 is 28.6 Å². The molecule has 0 bridgehead atoms. The van der Waals surface area contributed by atoms with Crippen LogP contribution in [0.5, 0.6) is 0 Å². The van der Waals surface area contributed by atoms with Gasteiger partial charge in [0.1, 0.15) is 11.6 Å². The second-order valence-corrected chi connectivity index (χ2v) is 9.27. The molecule has 1 aliphatic rings. The fourth-order valence-electron chi connectivity index (χ4n) is 4.15. The number of hydrogen-bond donors (Lipinski definition) is 2. The number of aliphatic hydroxyl groups is 1. The number of aromatic nitrogens is 2. The smallest absolute Gasteiger partial charge is 0.411 e. The van der Waals surface area contributed by atoms with Gasteiger partial charge in [0.05, 0.1) is 42.2 Å². The molecule has 0 unspecified atom stereocenters. The molecule has 2 amide bonds. The maximum atomic E-state index is 14.2. The molecule has 0 saturated carbocycles. The first kappa shape index (κ1) is 24.3. The summed E-state index contributed by atoms with van der Waals surface area (Å²) in [7, 11) is 0. The van der Waals surface area contributed by atoms with Gasteiger partial charge in [0, 0.05) is 24.4 Å². The van der Waals surface area contributed by atoms with E-state index in [4.69, 9.17) is 0 Å². The van der Waals surface area contributed by atoms with Gasteiger partial charge in [0.15, 0.2) is 0 Å². The number of anilines is 2. The van der Waals surface area contributed by atoms with Crippen LogP contribution in [0.3, 0.4) is 0 Å². The number of fused-ring (bicyclic) bond motifs is 1. The molecule has 1 atom stereocenters. The first-order valence-corrected chi connectivity index (χ1v) is 11.1. The first-order chi connectivity index (χ1) is 16.5. The molecule has 2 aromatic carbocycles. The molecule has 0 radical (unpaired) electrons. The number of benzene rings is 2. The van der Waals surface area contributed by atoms with E-state index in [-0.39, 0.29) is 25.1 Å². The quantitative estimate of drug-likeness (QED) is 0.570. The highest BCUT2D eigenvalue weighted by atomic mass is 19.1. The molecule has 0 fully saturated rings. The Morgan fingerprint density at radius 3 is 2.51 bits per heavy atom. The molecule has 4 rings (SSSR count). The standard InChI is InChI=1S/C25H26F2N4O4/c1-15-12-29(24(34)35)22-8-16(18-11-28-30(13-18)25(2,3)14-32)5-7-21(22)31(15)23(33)9-17-4-6-19(26)10-20(17)27/h4-8,10-11,13,15,32H,9,12,14H2,1-3H3,(H,34,35)/t15-/m0/s1. The third kappa shape index (κ3) is 4.61. The Balaban J connectivity index is 1.72. The van der Waals surface area contributed by atoms with Gasteiger partial charge in [-0.1, -0.05) is 12.1 Å². The van der Waals surface area contributed by atoms with Gasteiger partial charge in [-0.05, 0) is 50.1 Å². The predicted molar refractivity (Wildman–Crippen MR) is 126 cm³/mol. The minimum atomic E-state index is -1.16. The molecule has 184 valence electrons. The first-order valence-electron chi connectivity index (χ1n) is 11.1. The van der Waals surface area contributed by atoms with Crippen LogP contribution < -0.4 is 9.80 Å². The van der Waals surface area contributed by atoms with Gasteiger partial charge in [-0.2, -0.15) is 5.10 Å². The van der Waals surface area contributed by atoms with Crippen LogP contribution in [0.1, 0.15) is 26.3 Å².